The third kappa shape index (κ3) is 2.58. The molecule has 1 N–H and O–H groups in total. The highest BCUT2D eigenvalue weighted by Crippen LogP contribution is 2.17. The molecule has 0 amide bonds. The predicted molar refractivity (Wildman–Crippen MR) is 57.1 cm³/mol. The molecule has 0 aromatic carbocycles. The number of aryl methyl sites for hydroxylation is 2. The van der Waals surface area contributed by atoms with E-state index in [1.807, 2.05) is 17.9 Å². The van der Waals surface area contributed by atoms with Crippen LogP contribution in [-0.2, 0) is 13.5 Å². The number of hydrogen-bond donors (Lipinski definition) is 1. The van der Waals surface area contributed by atoms with Gasteiger partial charge in [0.25, 0.3) is 0 Å². The van der Waals surface area contributed by atoms with E-state index >= 15 is 0 Å². The summed E-state index contributed by atoms with van der Waals surface area (Å²) in [4.78, 5) is 4.35. The molecule has 2 heterocycles. The van der Waals surface area contributed by atoms with Gasteiger partial charge in [-0.3, -0.25) is 0 Å². The van der Waals surface area contributed by atoms with Gasteiger partial charge >= 0.3 is 0 Å². The topological polar surface area (TPSA) is 29.9 Å². The number of imidazole rings is 1. The van der Waals surface area contributed by atoms with Crippen LogP contribution in [0.2, 0.25) is 0 Å². The van der Waals surface area contributed by atoms with Crippen LogP contribution in [0.4, 0.5) is 0 Å². The summed E-state index contributed by atoms with van der Waals surface area (Å²) in [6.45, 7) is 2.40. The maximum absolute atomic E-state index is 4.35. The van der Waals surface area contributed by atoms with Crippen LogP contribution in [0, 0.1) is 5.92 Å². The van der Waals surface area contributed by atoms with Crippen molar-refractivity contribution in [2.45, 2.75) is 25.7 Å². The minimum Gasteiger partial charge on any atom is -0.340 e. The zero-order valence-electron chi connectivity index (χ0n) is 8.87. The minimum absolute atomic E-state index is 0.915. The Morgan fingerprint density at radius 2 is 2.29 bits per heavy atom. The zero-order valence-corrected chi connectivity index (χ0v) is 8.87. The fraction of sp³-hybridized carbons (Fsp3) is 0.727. The smallest absolute Gasteiger partial charge is 0.0946 e. The zero-order chi connectivity index (χ0) is 9.80. The summed E-state index contributed by atoms with van der Waals surface area (Å²) in [7, 11) is 2.03. The summed E-state index contributed by atoms with van der Waals surface area (Å²) in [5.74, 6) is 0.915. The van der Waals surface area contributed by atoms with Crippen molar-refractivity contribution in [2.75, 3.05) is 13.1 Å². The van der Waals surface area contributed by atoms with Crippen LogP contribution in [0.5, 0.6) is 0 Å². The average molecular weight is 193 g/mol. The van der Waals surface area contributed by atoms with E-state index < -0.39 is 0 Å². The Morgan fingerprint density at radius 3 is 2.93 bits per heavy atom. The minimum atomic E-state index is 0.915. The Balaban J connectivity index is 1.76. The van der Waals surface area contributed by atoms with Crippen molar-refractivity contribution < 1.29 is 0 Å². The van der Waals surface area contributed by atoms with Crippen molar-refractivity contribution in [3.63, 3.8) is 0 Å². The van der Waals surface area contributed by atoms with Gasteiger partial charge in [0.15, 0.2) is 0 Å². The van der Waals surface area contributed by atoms with Crippen LogP contribution < -0.4 is 5.32 Å². The van der Waals surface area contributed by atoms with Gasteiger partial charge in [-0.2, -0.15) is 0 Å². The molecule has 1 fully saturated rings. The van der Waals surface area contributed by atoms with Crippen LogP contribution in [-0.4, -0.2) is 22.6 Å². The third-order valence-electron chi connectivity index (χ3n) is 3.03. The highest BCUT2D eigenvalue weighted by molar-refractivity contribution is 4.96. The number of rotatable bonds is 3. The number of nitrogens with zero attached hydrogens (tertiary/aromatic N) is 2. The van der Waals surface area contributed by atoms with Crippen molar-refractivity contribution in [1.29, 1.82) is 0 Å². The number of aromatic nitrogens is 2. The second-order valence-electron chi connectivity index (χ2n) is 4.26. The summed E-state index contributed by atoms with van der Waals surface area (Å²) in [6.07, 6.45) is 9.14. The van der Waals surface area contributed by atoms with Crippen molar-refractivity contribution >= 4 is 0 Å². The van der Waals surface area contributed by atoms with Crippen LogP contribution in [0.1, 0.15) is 25.0 Å². The van der Waals surface area contributed by atoms with E-state index in [1.165, 1.54) is 38.0 Å². The van der Waals surface area contributed by atoms with Crippen molar-refractivity contribution in [1.82, 2.24) is 14.9 Å². The Kier molecular flexibility index (Phi) is 3.19. The van der Waals surface area contributed by atoms with Gasteiger partial charge in [0.2, 0.25) is 0 Å². The fourth-order valence-corrected chi connectivity index (χ4v) is 2.12. The second-order valence-corrected chi connectivity index (χ2v) is 4.26. The SMILES string of the molecule is Cn1cnc(CCC2CCNCC2)c1. The van der Waals surface area contributed by atoms with E-state index in [0.29, 0.717) is 0 Å². The molecule has 1 aliphatic heterocycles. The molecule has 3 nitrogen and oxygen atoms in total. The summed E-state index contributed by atoms with van der Waals surface area (Å²) in [5.41, 5.74) is 1.24. The van der Waals surface area contributed by atoms with Gasteiger partial charge in [-0.1, -0.05) is 0 Å². The van der Waals surface area contributed by atoms with Gasteiger partial charge in [0.1, 0.15) is 0 Å². The van der Waals surface area contributed by atoms with Crippen LogP contribution in [0.25, 0.3) is 0 Å². The molecule has 0 bridgehead atoms. The Morgan fingerprint density at radius 1 is 1.50 bits per heavy atom. The first-order chi connectivity index (χ1) is 6.84. The van der Waals surface area contributed by atoms with Crippen LogP contribution in [0.15, 0.2) is 12.5 Å². The molecule has 0 radical (unpaired) electrons. The maximum Gasteiger partial charge on any atom is 0.0946 e. The summed E-state index contributed by atoms with van der Waals surface area (Å²) in [5, 5.41) is 3.40. The highest BCUT2D eigenvalue weighted by Gasteiger charge is 2.12. The molecule has 0 unspecified atom stereocenters. The van der Waals surface area contributed by atoms with E-state index in [-0.39, 0.29) is 0 Å². The molecule has 1 aromatic heterocycles. The summed E-state index contributed by atoms with van der Waals surface area (Å²) in [6, 6.07) is 0. The van der Waals surface area contributed by atoms with Gasteiger partial charge in [-0.05, 0) is 44.7 Å². The van der Waals surface area contributed by atoms with Crippen LogP contribution >= 0.6 is 0 Å². The Hall–Kier alpha value is -0.830. The summed E-state index contributed by atoms with van der Waals surface area (Å²) < 4.78 is 2.03. The van der Waals surface area contributed by atoms with Gasteiger partial charge in [0, 0.05) is 13.2 Å². The lowest BCUT2D eigenvalue weighted by Gasteiger charge is -2.21. The van der Waals surface area contributed by atoms with E-state index in [4.69, 9.17) is 0 Å². The van der Waals surface area contributed by atoms with E-state index in [0.717, 1.165) is 12.3 Å². The quantitative estimate of drug-likeness (QED) is 0.785. The van der Waals surface area contributed by atoms with Crippen molar-refractivity contribution in [2.24, 2.45) is 13.0 Å². The molecule has 0 saturated carbocycles. The average Bonchev–Trinajstić information content (AvgIpc) is 2.63. The fourth-order valence-electron chi connectivity index (χ4n) is 2.12. The first-order valence-electron chi connectivity index (χ1n) is 5.52. The lowest BCUT2D eigenvalue weighted by molar-refractivity contribution is 0.353. The number of piperidine rings is 1. The Bertz CT molecular complexity index is 274. The van der Waals surface area contributed by atoms with Crippen molar-refractivity contribution in [3.05, 3.63) is 18.2 Å². The lowest BCUT2D eigenvalue weighted by Crippen LogP contribution is -2.27. The van der Waals surface area contributed by atoms with Gasteiger partial charge in [-0.25, -0.2) is 4.98 Å². The predicted octanol–water partition coefficient (Wildman–Crippen LogP) is 1.35. The molecule has 3 heteroatoms. The number of hydrogen-bond acceptors (Lipinski definition) is 2. The lowest BCUT2D eigenvalue weighted by atomic mass is 9.93. The Labute approximate surface area is 85.5 Å². The molecule has 2 rings (SSSR count). The van der Waals surface area contributed by atoms with E-state index in [1.54, 1.807) is 0 Å². The van der Waals surface area contributed by atoms with Crippen LogP contribution in [0.3, 0.4) is 0 Å². The molecule has 78 valence electrons. The van der Waals surface area contributed by atoms with Gasteiger partial charge in [0.05, 0.1) is 12.0 Å². The molecule has 1 aliphatic rings. The molecular weight excluding hydrogens is 174 g/mol. The standard InChI is InChI=1S/C11H19N3/c1-14-8-11(13-9-14)3-2-10-4-6-12-7-5-10/h8-10,12H,2-7H2,1H3. The van der Waals surface area contributed by atoms with E-state index in [9.17, 15) is 0 Å². The molecule has 0 atom stereocenters. The third-order valence-corrected chi connectivity index (χ3v) is 3.03. The monoisotopic (exact) mass is 193 g/mol. The second kappa shape index (κ2) is 4.60. The largest absolute Gasteiger partial charge is 0.340 e. The molecule has 14 heavy (non-hydrogen) atoms. The molecule has 0 aliphatic carbocycles. The molecular formula is C11H19N3. The van der Waals surface area contributed by atoms with Gasteiger partial charge < -0.3 is 9.88 Å². The van der Waals surface area contributed by atoms with E-state index in [2.05, 4.69) is 16.5 Å². The summed E-state index contributed by atoms with van der Waals surface area (Å²) >= 11 is 0. The normalized spacial score (nSPS) is 18.6. The molecule has 1 aromatic rings. The molecule has 1 saturated heterocycles. The number of nitrogens with one attached hydrogen (secondary N) is 1. The molecule has 0 spiro atoms. The first kappa shape index (κ1) is 9.71. The van der Waals surface area contributed by atoms with Crippen molar-refractivity contribution in [3.8, 4) is 0 Å². The van der Waals surface area contributed by atoms with Gasteiger partial charge in [-0.15, -0.1) is 0 Å². The first-order valence-corrected chi connectivity index (χ1v) is 5.52. The maximum atomic E-state index is 4.35. The highest BCUT2D eigenvalue weighted by atomic mass is 15.0.